The van der Waals surface area contributed by atoms with E-state index in [1.54, 1.807) is 0 Å². The molecule has 1 rings (SSSR count). The van der Waals surface area contributed by atoms with Crippen molar-refractivity contribution in [3.05, 3.63) is 34.6 Å². The van der Waals surface area contributed by atoms with Gasteiger partial charge in [0.05, 0.1) is 0 Å². The predicted octanol–water partition coefficient (Wildman–Crippen LogP) is 2.47. The van der Waals surface area contributed by atoms with Gasteiger partial charge in [-0.05, 0) is 30.2 Å². The number of halogens is 2. The number of carbonyl (C=O) groups is 2. The summed E-state index contributed by atoms with van der Waals surface area (Å²) in [6.45, 7) is 2.09. The number of nitrogens with zero attached hydrogens (tertiary/aromatic N) is 1. The number of carbonyl (C=O) groups excluding carboxylic acids is 1. The maximum atomic E-state index is 13.2. The highest BCUT2D eigenvalue weighted by Crippen LogP contribution is 2.24. The summed E-state index contributed by atoms with van der Waals surface area (Å²) in [6.07, 6.45) is 1.05. The van der Waals surface area contributed by atoms with Crippen molar-refractivity contribution in [2.24, 2.45) is 0 Å². The second kappa shape index (κ2) is 6.35. The Balaban J connectivity index is 3.18. The molecule has 0 radical (unpaired) electrons. The molecule has 98 valence electrons. The van der Waals surface area contributed by atoms with Gasteiger partial charge in [0.2, 0.25) is 6.41 Å². The lowest BCUT2D eigenvalue weighted by atomic mass is 10.1. The average Bonchev–Trinajstić information content (AvgIpc) is 2.26. The van der Waals surface area contributed by atoms with Crippen LogP contribution in [0.25, 0.3) is 0 Å². The molecular weight excluding hydrogens is 261 g/mol. The van der Waals surface area contributed by atoms with Crippen molar-refractivity contribution < 1.29 is 19.1 Å². The van der Waals surface area contributed by atoms with Crippen molar-refractivity contribution in [3.8, 4) is 0 Å². The number of benzene rings is 1. The Labute approximate surface area is 109 Å². The van der Waals surface area contributed by atoms with Gasteiger partial charge in [0, 0.05) is 11.6 Å². The van der Waals surface area contributed by atoms with Gasteiger partial charge in [-0.2, -0.15) is 0 Å². The van der Waals surface area contributed by atoms with Crippen LogP contribution in [-0.2, 0) is 9.59 Å². The summed E-state index contributed by atoms with van der Waals surface area (Å²) in [5, 5.41) is 9.27. The minimum Gasteiger partial charge on any atom is -0.479 e. The Kier molecular flexibility index (Phi) is 5.09. The second-order valence-corrected chi connectivity index (χ2v) is 4.22. The molecule has 1 aromatic carbocycles. The fraction of sp³-hybridized carbons (Fsp3) is 0.333. The Morgan fingerprint density at radius 3 is 2.67 bits per heavy atom. The first-order valence-electron chi connectivity index (χ1n) is 5.39. The fourth-order valence-corrected chi connectivity index (χ4v) is 1.94. The molecule has 0 aliphatic rings. The molecule has 0 bridgehead atoms. The SMILES string of the molecule is CCCN(C=O)C(C(=O)O)c1cc(F)cc(Cl)c1. The molecular formula is C12H13ClFNO3. The van der Waals surface area contributed by atoms with E-state index in [0.29, 0.717) is 12.8 Å². The molecule has 1 unspecified atom stereocenters. The third-order valence-electron chi connectivity index (χ3n) is 2.38. The van der Waals surface area contributed by atoms with Crippen LogP contribution in [0.1, 0.15) is 24.9 Å². The molecule has 0 aliphatic carbocycles. The minimum atomic E-state index is -1.23. The first-order chi connectivity index (χ1) is 8.49. The number of carboxylic acids is 1. The lowest BCUT2D eigenvalue weighted by Gasteiger charge is -2.25. The number of hydrogen-bond donors (Lipinski definition) is 1. The van der Waals surface area contributed by atoms with E-state index in [4.69, 9.17) is 11.6 Å². The second-order valence-electron chi connectivity index (χ2n) is 3.79. The van der Waals surface area contributed by atoms with E-state index in [0.717, 1.165) is 17.0 Å². The first kappa shape index (κ1) is 14.4. The van der Waals surface area contributed by atoms with Crippen LogP contribution in [0.5, 0.6) is 0 Å². The summed E-state index contributed by atoms with van der Waals surface area (Å²) in [5.74, 6) is -1.86. The zero-order valence-corrected chi connectivity index (χ0v) is 10.5. The Bertz CT molecular complexity index is 433. The summed E-state index contributed by atoms with van der Waals surface area (Å²) >= 11 is 5.68. The summed E-state index contributed by atoms with van der Waals surface area (Å²) in [6, 6.07) is 2.26. The minimum absolute atomic E-state index is 0.0959. The molecule has 0 saturated heterocycles. The van der Waals surface area contributed by atoms with E-state index in [1.165, 1.54) is 6.07 Å². The number of rotatable bonds is 6. The van der Waals surface area contributed by atoms with E-state index in [9.17, 15) is 19.1 Å². The maximum absolute atomic E-state index is 13.2. The van der Waals surface area contributed by atoms with E-state index >= 15 is 0 Å². The van der Waals surface area contributed by atoms with Gasteiger partial charge in [-0.15, -0.1) is 0 Å². The van der Waals surface area contributed by atoms with Crippen molar-refractivity contribution in [2.45, 2.75) is 19.4 Å². The Morgan fingerprint density at radius 1 is 1.56 bits per heavy atom. The summed E-state index contributed by atoms with van der Waals surface area (Å²) in [7, 11) is 0. The highest BCUT2D eigenvalue weighted by molar-refractivity contribution is 6.30. The summed E-state index contributed by atoms with van der Waals surface area (Å²) < 4.78 is 13.2. The van der Waals surface area contributed by atoms with Crippen LogP contribution < -0.4 is 0 Å². The quantitative estimate of drug-likeness (QED) is 0.810. The molecule has 18 heavy (non-hydrogen) atoms. The molecule has 0 aromatic heterocycles. The van der Waals surface area contributed by atoms with Gasteiger partial charge in [0.25, 0.3) is 0 Å². The molecule has 0 fully saturated rings. The third-order valence-corrected chi connectivity index (χ3v) is 2.60. The molecule has 1 amide bonds. The summed E-state index contributed by atoms with van der Waals surface area (Å²) in [4.78, 5) is 23.3. The highest BCUT2D eigenvalue weighted by atomic mass is 35.5. The average molecular weight is 274 g/mol. The van der Waals surface area contributed by atoms with Gasteiger partial charge in [0.1, 0.15) is 5.82 Å². The molecule has 6 heteroatoms. The predicted molar refractivity (Wildman–Crippen MR) is 64.8 cm³/mol. The standard InChI is InChI=1S/C12H13ClFNO3/c1-2-3-15(7-16)11(12(17)18)8-4-9(13)6-10(14)5-8/h4-7,11H,2-3H2,1H3,(H,17,18). The lowest BCUT2D eigenvalue weighted by Crippen LogP contribution is -2.33. The van der Waals surface area contributed by atoms with Gasteiger partial charge < -0.3 is 10.0 Å². The van der Waals surface area contributed by atoms with Crippen molar-refractivity contribution in [2.75, 3.05) is 6.54 Å². The largest absolute Gasteiger partial charge is 0.479 e. The molecule has 0 spiro atoms. The summed E-state index contributed by atoms with van der Waals surface area (Å²) in [5.41, 5.74) is 0.146. The molecule has 1 N–H and O–H groups in total. The van der Waals surface area contributed by atoms with Crippen LogP contribution >= 0.6 is 11.6 Å². The smallest absolute Gasteiger partial charge is 0.331 e. The van der Waals surface area contributed by atoms with E-state index in [2.05, 4.69) is 0 Å². The lowest BCUT2D eigenvalue weighted by molar-refractivity contribution is -0.146. The van der Waals surface area contributed by atoms with Gasteiger partial charge in [-0.25, -0.2) is 9.18 Å². The van der Waals surface area contributed by atoms with Gasteiger partial charge in [-0.1, -0.05) is 18.5 Å². The molecule has 0 heterocycles. The van der Waals surface area contributed by atoms with Crippen molar-refractivity contribution in [1.29, 1.82) is 0 Å². The van der Waals surface area contributed by atoms with Crippen LogP contribution in [0.4, 0.5) is 4.39 Å². The number of carboxylic acid groups (broad SMARTS) is 1. The topological polar surface area (TPSA) is 57.6 Å². The fourth-order valence-electron chi connectivity index (χ4n) is 1.71. The number of aliphatic carboxylic acids is 1. The zero-order valence-electron chi connectivity index (χ0n) is 9.77. The van der Waals surface area contributed by atoms with Gasteiger partial charge in [0.15, 0.2) is 6.04 Å². The zero-order chi connectivity index (χ0) is 13.7. The molecule has 0 saturated carbocycles. The third kappa shape index (κ3) is 3.43. The Morgan fingerprint density at radius 2 is 2.22 bits per heavy atom. The van der Waals surface area contributed by atoms with Crippen molar-refractivity contribution >= 4 is 24.0 Å². The molecule has 0 aliphatic heterocycles. The Hall–Kier alpha value is -1.62. The highest BCUT2D eigenvalue weighted by Gasteiger charge is 2.26. The van der Waals surface area contributed by atoms with Crippen molar-refractivity contribution in [1.82, 2.24) is 4.90 Å². The van der Waals surface area contributed by atoms with Crippen LogP contribution in [0.2, 0.25) is 5.02 Å². The van der Waals surface area contributed by atoms with Crippen LogP contribution in [0, 0.1) is 5.82 Å². The molecule has 1 aromatic rings. The normalized spacial score (nSPS) is 11.9. The van der Waals surface area contributed by atoms with Gasteiger partial charge >= 0.3 is 5.97 Å². The number of hydrogen-bond acceptors (Lipinski definition) is 2. The van der Waals surface area contributed by atoms with Gasteiger partial charge in [-0.3, -0.25) is 4.79 Å². The van der Waals surface area contributed by atoms with Crippen molar-refractivity contribution in [3.63, 3.8) is 0 Å². The van der Waals surface area contributed by atoms with Crippen LogP contribution in [0.3, 0.4) is 0 Å². The molecule has 1 atom stereocenters. The monoisotopic (exact) mass is 273 g/mol. The molecule has 4 nitrogen and oxygen atoms in total. The first-order valence-corrected chi connectivity index (χ1v) is 5.77. The van der Waals surface area contributed by atoms with Crippen LogP contribution in [0.15, 0.2) is 18.2 Å². The van der Waals surface area contributed by atoms with Crippen LogP contribution in [-0.4, -0.2) is 28.9 Å². The number of amides is 1. The van der Waals surface area contributed by atoms with E-state index < -0.39 is 17.8 Å². The van der Waals surface area contributed by atoms with E-state index in [1.807, 2.05) is 6.92 Å². The van der Waals surface area contributed by atoms with E-state index in [-0.39, 0.29) is 17.1 Å². The maximum Gasteiger partial charge on any atom is 0.331 e.